The van der Waals surface area contributed by atoms with Gasteiger partial charge in [-0.2, -0.15) is 0 Å². The number of amides is 1. The molecule has 110 valence electrons. The number of hydrogen-bond acceptors (Lipinski definition) is 4. The van der Waals surface area contributed by atoms with Crippen LogP contribution < -0.4 is 10.0 Å². The van der Waals surface area contributed by atoms with Crippen molar-refractivity contribution in [3.8, 4) is 0 Å². The largest absolute Gasteiger partial charge is 0.395 e. The third-order valence-corrected chi connectivity index (χ3v) is 4.77. The van der Waals surface area contributed by atoms with Crippen LogP contribution in [0.1, 0.15) is 25.8 Å². The summed E-state index contributed by atoms with van der Waals surface area (Å²) in [4.78, 5) is 11.7. The Balaban J connectivity index is 2.44. The third-order valence-electron chi connectivity index (χ3n) is 3.31. The fourth-order valence-electron chi connectivity index (χ4n) is 2.31. The van der Waals surface area contributed by atoms with Crippen molar-refractivity contribution in [3.63, 3.8) is 0 Å². The van der Waals surface area contributed by atoms with Crippen LogP contribution in [-0.4, -0.2) is 32.6 Å². The van der Waals surface area contributed by atoms with Gasteiger partial charge in [-0.15, -0.1) is 0 Å². The highest BCUT2D eigenvalue weighted by molar-refractivity contribution is 7.89. The highest BCUT2D eigenvalue weighted by Crippen LogP contribution is 2.38. The molecule has 1 heterocycles. The van der Waals surface area contributed by atoms with Crippen molar-refractivity contribution < 1.29 is 18.3 Å². The first-order chi connectivity index (χ1) is 9.26. The first-order valence-electron chi connectivity index (χ1n) is 6.31. The summed E-state index contributed by atoms with van der Waals surface area (Å²) in [6.45, 7) is 3.52. The van der Waals surface area contributed by atoms with Crippen LogP contribution in [0.3, 0.4) is 0 Å². The number of hydrogen-bond donors (Lipinski definition) is 3. The van der Waals surface area contributed by atoms with Crippen LogP contribution in [0, 0.1) is 0 Å². The molecule has 20 heavy (non-hydrogen) atoms. The van der Waals surface area contributed by atoms with Crippen molar-refractivity contribution in [2.45, 2.75) is 30.6 Å². The summed E-state index contributed by atoms with van der Waals surface area (Å²) in [5.74, 6) is -0.0727. The first kappa shape index (κ1) is 15.0. The Hall–Kier alpha value is -1.44. The van der Waals surface area contributed by atoms with Crippen LogP contribution in [-0.2, 0) is 20.2 Å². The molecule has 0 spiro atoms. The van der Waals surface area contributed by atoms with Crippen molar-refractivity contribution in [1.82, 2.24) is 4.72 Å². The number of benzene rings is 1. The van der Waals surface area contributed by atoms with Crippen LogP contribution in [0.15, 0.2) is 23.1 Å². The first-order valence-corrected chi connectivity index (χ1v) is 7.79. The fraction of sp³-hybridized carbons (Fsp3) is 0.462. The minimum Gasteiger partial charge on any atom is -0.395 e. The van der Waals surface area contributed by atoms with Gasteiger partial charge in [-0.05, 0) is 23.8 Å². The second kappa shape index (κ2) is 5.16. The number of anilines is 1. The number of fused-ring (bicyclic) bond motifs is 1. The molecule has 0 saturated carbocycles. The second-order valence-electron chi connectivity index (χ2n) is 5.44. The molecular formula is C13H18N2O4S. The van der Waals surface area contributed by atoms with E-state index >= 15 is 0 Å². The molecule has 0 saturated heterocycles. The van der Waals surface area contributed by atoms with Crippen molar-refractivity contribution >= 4 is 21.6 Å². The molecule has 1 aliphatic heterocycles. The van der Waals surface area contributed by atoms with E-state index in [9.17, 15) is 13.2 Å². The Labute approximate surface area is 118 Å². The highest BCUT2D eigenvalue weighted by atomic mass is 32.2. The van der Waals surface area contributed by atoms with E-state index in [2.05, 4.69) is 10.0 Å². The van der Waals surface area contributed by atoms with Gasteiger partial charge in [0.25, 0.3) is 0 Å². The minimum atomic E-state index is -3.64. The molecule has 0 radical (unpaired) electrons. The maximum absolute atomic E-state index is 12.0. The summed E-state index contributed by atoms with van der Waals surface area (Å²) in [7, 11) is -3.64. The lowest BCUT2D eigenvalue weighted by molar-refractivity contribution is -0.117. The standard InChI is InChI=1S/C13H18N2O4S/c1-13(2)8-12(17)15-11-4-3-9(7-10(11)13)20(18,19)14-5-6-16/h3-4,7,14,16H,5-6,8H2,1-2H3,(H,15,17). The molecule has 1 aromatic rings. The highest BCUT2D eigenvalue weighted by Gasteiger charge is 2.33. The van der Waals surface area contributed by atoms with E-state index in [1.54, 1.807) is 12.1 Å². The maximum Gasteiger partial charge on any atom is 0.240 e. The molecule has 1 amide bonds. The van der Waals surface area contributed by atoms with E-state index < -0.39 is 15.4 Å². The summed E-state index contributed by atoms with van der Waals surface area (Å²) in [6.07, 6.45) is 0.313. The number of aliphatic hydroxyl groups excluding tert-OH is 1. The van der Waals surface area contributed by atoms with E-state index in [-0.39, 0.29) is 24.0 Å². The van der Waals surface area contributed by atoms with Crippen molar-refractivity contribution in [2.75, 3.05) is 18.5 Å². The molecular weight excluding hydrogens is 280 g/mol. The molecule has 0 aliphatic carbocycles. The van der Waals surface area contributed by atoms with E-state index in [4.69, 9.17) is 5.11 Å². The molecule has 3 N–H and O–H groups in total. The molecule has 1 aliphatic rings. The van der Waals surface area contributed by atoms with E-state index in [1.807, 2.05) is 13.8 Å². The minimum absolute atomic E-state index is 0.0282. The predicted molar refractivity (Wildman–Crippen MR) is 75.0 cm³/mol. The molecule has 6 nitrogen and oxygen atoms in total. The molecule has 0 fully saturated rings. The summed E-state index contributed by atoms with van der Waals surface area (Å²) in [5.41, 5.74) is 1.02. The third kappa shape index (κ3) is 2.84. The fourth-order valence-corrected chi connectivity index (χ4v) is 3.36. The van der Waals surface area contributed by atoms with Gasteiger partial charge < -0.3 is 10.4 Å². The van der Waals surface area contributed by atoms with E-state index in [1.165, 1.54) is 6.07 Å². The SMILES string of the molecule is CC1(C)CC(=O)Nc2ccc(S(=O)(=O)NCCO)cc21. The summed E-state index contributed by atoms with van der Waals surface area (Å²) in [6, 6.07) is 4.62. The van der Waals surface area contributed by atoms with Crippen LogP contribution in [0.25, 0.3) is 0 Å². The Morgan fingerprint density at radius 3 is 2.75 bits per heavy atom. The zero-order valence-electron chi connectivity index (χ0n) is 11.4. The summed E-state index contributed by atoms with van der Waals surface area (Å²) in [5, 5.41) is 11.4. The van der Waals surface area contributed by atoms with Crippen LogP contribution in [0.2, 0.25) is 0 Å². The number of nitrogens with one attached hydrogen (secondary N) is 2. The number of carbonyl (C=O) groups is 1. The molecule has 0 atom stereocenters. The Kier molecular flexibility index (Phi) is 3.86. The van der Waals surface area contributed by atoms with Crippen molar-refractivity contribution in [1.29, 1.82) is 0 Å². The Bertz CT molecular complexity index is 638. The maximum atomic E-state index is 12.0. The number of aliphatic hydroxyl groups is 1. The van der Waals surface area contributed by atoms with Gasteiger partial charge in [0.05, 0.1) is 11.5 Å². The average molecular weight is 298 g/mol. The quantitative estimate of drug-likeness (QED) is 0.757. The number of rotatable bonds is 4. The number of carbonyl (C=O) groups excluding carboxylic acids is 1. The summed E-state index contributed by atoms with van der Waals surface area (Å²) < 4.78 is 26.4. The van der Waals surface area contributed by atoms with Gasteiger partial charge in [0.2, 0.25) is 15.9 Å². The van der Waals surface area contributed by atoms with Crippen LogP contribution >= 0.6 is 0 Å². The Morgan fingerprint density at radius 2 is 2.10 bits per heavy atom. The van der Waals surface area contributed by atoms with Gasteiger partial charge in [-0.1, -0.05) is 13.8 Å². The normalized spacial score (nSPS) is 17.4. The Morgan fingerprint density at radius 1 is 1.40 bits per heavy atom. The van der Waals surface area contributed by atoms with Crippen molar-refractivity contribution in [3.05, 3.63) is 23.8 Å². The molecule has 1 aromatic carbocycles. The van der Waals surface area contributed by atoms with E-state index in [0.29, 0.717) is 12.1 Å². The molecule has 0 aromatic heterocycles. The second-order valence-corrected chi connectivity index (χ2v) is 7.20. The lowest BCUT2D eigenvalue weighted by atomic mass is 9.78. The van der Waals surface area contributed by atoms with Gasteiger partial charge in [0.15, 0.2) is 0 Å². The number of sulfonamides is 1. The average Bonchev–Trinajstić information content (AvgIpc) is 2.35. The topological polar surface area (TPSA) is 95.5 Å². The smallest absolute Gasteiger partial charge is 0.240 e. The van der Waals surface area contributed by atoms with Gasteiger partial charge in [0.1, 0.15) is 0 Å². The van der Waals surface area contributed by atoms with E-state index in [0.717, 1.165) is 5.56 Å². The monoisotopic (exact) mass is 298 g/mol. The van der Waals surface area contributed by atoms with Gasteiger partial charge in [-0.25, -0.2) is 13.1 Å². The van der Waals surface area contributed by atoms with Crippen molar-refractivity contribution in [2.24, 2.45) is 0 Å². The molecule has 2 rings (SSSR count). The zero-order valence-corrected chi connectivity index (χ0v) is 12.3. The van der Waals surface area contributed by atoms with Gasteiger partial charge >= 0.3 is 0 Å². The predicted octanol–water partition coefficient (Wildman–Crippen LogP) is 0.577. The summed E-state index contributed by atoms with van der Waals surface area (Å²) >= 11 is 0. The molecule has 0 unspecified atom stereocenters. The van der Waals surface area contributed by atoms with Crippen LogP contribution in [0.4, 0.5) is 5.69 Å². The molecule has 0 bridgehead atoms. The lowest BCUT2D eigenvalue weighted by Crippen LogP contribution is -2.33. The lowest BCUT2D eigenvalue weighted by Gasteiger charge is -2.32. The molecule has 7 heteroatoms. The van der Waals surface area contributed by atoms with Gasteiger partial charge in [-0.3, -0.25) is 4.79 Å². The van der Waals surface area contributed by atoms with Gasteiger partial charge in [0, 0.05) is 24.1 Å². The zero-order chi connectivity index (χ0) is 15.0. The van der Waals surface area contributed by atoms with Crippen LogP contribution in [0.5, 0.6) is 0 Å².